The number of carbonyl (C=O) groups is 1. The standard InChI is InChI=1S/C10H13N3OS/c1-11-8-5-13(6-9(8)14)10-3-2-7(15)4-12-10/h2-4,8,11,15H,5-6H2,1H3. The van der Waals surface area contributed by atoms with Crippen LogP contribution in [0.25, 0.3) is 0 Å². The lowest BCUT2D eigenvalue weighted by Crippen LogP contribution is -2.33. The number of aromatic nitrogens is 1. The number of nitrogens with zero attached hydrogens (tertiary/aromatic N) is 2. The molecule has 1 saturated heterocycles. The molecule has 0 radical (unpaired) electrons. The van der Waals surface area contributed by atoms with E-state index in [1.165, 1.54) is 0 Å². The highest BCUT2D eigenvalue weighted by Gasteiger charge is 2.29. The van der Waals surface area contributed by atoms with Crippen LogP contribution in [0.15, 0.2) is 23.2 Å². The molecule has 2 rings (SSSR count). The summed E-state index contributed by atoms with van der Waals surface area (Å²) in [7, 11) is 1.80. The third-order valence-corrected chi connectivity index (χ3v) is 2.81. The molecule has 1 unspecified atom stereocenters. The Balaban J connectivity index is 2.13. The number of Topliss-reactive ketones (excluding diaryl/α,β-unsaturated/α-hetero) is 1. The molecule has 1 aromatic heterocycles. The Hall–Kier alpha value is -1.07. The van der Waals surface area contributed by atoms with Crippen molar-refractivity contribution in [3.63, 3.8) is 0 Å². The van der Waals surface area contributed by atoms with Gasteiger partial charge in [-0.2, -0.15) is 0 Å². The quantitative estimate of drug-likeness (QED) is 0.710. The molecule has 4 nitrogen and oxygen atoms in total. The second-order valence-electron chi connectivity index (χ2n) is 3.56. The van der Waals surface area contributed by atoms with Crippen LogP contribution in [0.5, 0.6) is 0 Å². The minimum atomic E-state index is -0.0671. The molecule has 1 aliphatic heterocycles. The van der Waals surface area contributed by atoms with E-state index in [-0.39, 0.29) is 11.8 Å². The van der Waals surface area contributed by atoms with Crippen LogP contribution in [-0.4, -0.2) is 36.9 Å². The van der Waals surface area contributed by atoms with Gasteiger partial charge in [0.05, 0.1) is 12.6 Å². The molecule has 1 N–H and O–H groups in total. The minimum Gasteiger partial charge on any atom is -0.347 e. The van der Waals surface area contributed by atoms with Crippen molar-refractivity contribution in [3.05, 3.63) is 18.3 Å². The molecule has 15 heavy (non-hydrogen) atoms. The fourth-order valence-electron chi connectivity index (χ4n) is 1.68. The zero-order valence-electron chi connectivity index (χ0n) is 8.47. The molecule has 0 bridgehead atoms. The van der Waals surface area contributed by atoms with Crippen LogP contribution in [0.1, 0.15) is 0 Å². The Morgan fingerprint density at radius 3 is 2.93 bits per heavy atom. The highest BCUT2D eigenvalue weighted by Crippen LogP contribution is 2.17. The first-order valence-electron chi connectivity index (χ1n) is 4.80. The summed E-state index contributed by atoms with van der Waals surface area (Å²) in [6.45, 7) is 1.12. The fraction of sp³-hybridized carbons (Fsp3) is 0.400. The van der Waals surface area contributed by atoms with E-state index in [1.54, 1.807) is 13.2 Å². The molecule has 2 heterocycles. The normalized spacial score (nSPS) is 21.1. The van der Waals surface area contributed by atoms with Crippen LogP contribution < -0.4 is 10.2 Å². The SMILES string of the molecule is CNC1CN(c2ccc(S)cn2)CC1=O. The predicted molar refractivity (Wildman–Crippen MR) is 61.6 cm³/mol. The molecule has 0 saturated carbocycles. The summed E-state index contributed by atoms with van der Waals surface area (Å²) in [4.78, 5) is 18.5. The van der Waals surface area contributed by atoms with Gasteiger partial charge in [0, 0.05) is 17.6 Å². The van der Waals surface area contributed by atoms with E-state index in [0.29, 0.717) is 13.1 Å². The summed E-state index contributed by atoms with van der Waals surface area (Å²) < 4.78 is 0. The van der Waals surface area contributed by atoms with E-state index in [9.17, 15) is 4.79 Å². The Morgan fingerprint density at radius 2 is 2.40 bits per heavy atom. The van der Waals surface area contributed by atoms with Gasteiger partial charge in [-0.25, -0.2) is 4.98 Å². The summed E-state index contributed by atoms with van der Waals surface area (Å²) in [5.41, 5.74) is 0. The van der Waals surface area contributed by atoms with E-state index in [2.05, 4.69) is 22.9 Å². The van der Waals surface area contributed by atoms with Gasteiger partial charge in [-0.1, -0.05) is 0 Å². The van der Waals surface area contributed by atoms with Crippen LogP contribution in [0, 0.1) is 0 Å². The van der Waals surface area contributed by atoms with Crippen LogP contribution in [-0.2, 0) is 4.79 Å². The Kier molecular flexibility index (Phi) is 2.93. The number of carbonyl (C=O) groups excluding carboxylic acids is 1. The number of nitrogens with one attached hydrogen (secondary N) is 1. The molecule has 1 atom stereocenters. The van der Waals surface area contributed by atoms with Gasteiger partial charge in [0.15, 0.2) is 5.78 Å². The van der Waals surface area contributed by atoms with Gasteiger partial charge in [-0.3, -0.25) is 4.79 Å². The van der Waals surface area contributed by atoms with Gasteiger partial charge in [-0.05, 0) is 19.2 Å². The maximum Gasteiger partial charge on any atom is 0.170 e. The second kappa shape index (κ2) is 4.20. The molecule has 1 aromatic rings. The van der Waals surface area contributed by atoms with Gasteiger partial charge in [-0.15, -0.1) is 12.6 Å². The zero-order chi connectivity index (χ0) is 10.8. The van der Waals surface area contributed by atoms with E-state index in [4.69, 9.17) is 0 Å². The number of rotatable bonds is 2. The summed E-state index contributed by atoms with van der Waals surface area (Å²) in [5, 5.41) is 2.99. The summed E-state index contributed by atoms with van der Waals surface area (Å²) in [6, 6.07) is 3.69. The van der Waals surface area contributed by atoms with Gasteiger partial charge in [0.1, 0.15) is 5.82 Å². The van der Waals surface area contributed by atoms with Crippen molar-refractivity contribution in [2.75, 3.05) is 25.0 Å². The zero-order valence-corrected chi connectivity index (χ0v) is 9.37. The number of hydrogen-bond acceptors (Lipinski definition) is 5. The van der Waals surface area contributed by atoms with E-state index < -0.39 is 0 Å². The summed E-state index contributed by atoms with van der Waals surface area (Å²) in [6.07, 6.45) is 1.69. The van der Waals surface area contributed by atoms with Crippen molar-refractivity contribution in [2.45, 2.75) is 10.9 Å². The van der Waals surface area contributed by atoms with Crippen LogP contribution in [0.2, 0.25) is 0 Å². The number of thiol groups is 1. The molecule has 1 fully saturated rings. The Labute approximate surface area is 94.1 Å². The van der Waals surface area contributed by atoms with Crippen molar-refractivity contribution in [2.24, 2.45) is 0 Å². The molecule has 80 valence electrons. The molecule has 5 heteroatoms. The maximum absolute atomic E-state index is 11.5. The van der Waals surface area contributed by atoms with E-state index in [1.807, 2.05) is 17.0 Å². The third kappa shape index (κ3) is 2.13. The molecular weight excluding hydrogens is 210 g/mol. The predicted octanol–water partition coefficient (Wildman–Crippen LogP) is 0.347. The van der Waals surface area contributed by atoms with Gasteiger partial charge < -0.3 is 10.2 Å². The average Bonchev–Trinajstić information content (AvgIpc) is 2.61. The topological polar surface area (TPSA) is 45.2 Å². The highest BCUT2D eigenvalue weighted by molar-refractivity contribution is 7.80. The largest absolute Gasteiger partial charge is 0.347 e. The van der Waals surface area contributed by atoms with Gasteiger partial charge >= 0.3 is 0 Å². The molecule has 1 aliphatic rings. The lowest BCUT2D eigenvalue weighted by atomic mass is 10.2. The smallest absolute Gasteiger partial charge is 0.170 e. The lowest BCUT2D eigenvalue weighted by Gasteiger charge is -2.15. The fourth-order valence-corrected chi connectivity index (χ4v) is 1.81. The first-order chi connectivity index (χ1) is 7.20. The number of hydrogen-bond donors (Lipinski definition) is 2. The van der Waals surface area contributed by atoms with Crippen molar-refractivity contribution in [1.29, 1.82) is 0 Å². The average molecular weight is 223 g/mol. The first-order valence-corrected chi connectivity index (χ1v) is 5.25. The van der Waals surface area contributed by atoms with Crippen LogP contribution >= 0.6 is 12.6 Å². The molecular formula is C10H13N3OS. The Bertz CT molecular complexity index is 365. The Morgan fingerprint density at radius 1 is 1.60 bits per heavy atom. The lowest BCUT2D eigenvalue weighted by molar-refractivity contribution is -0.117. The molecule has 0 aromatic carbocycles. The second-order valence-corrected chi connectivity index (χ2v) is 4.08. The minimum absolute atomic E-state index is 0.0671. The summed E-state index contributed by atoms with van der Waals surface area (Å²) >= 11 is 4.17. The third-order valence-electron chi connectivity index (χ3n) is 2.54. The number of pyridine rings is 1. The van der Waals surface area contributed by atoms with Crippen LogP contribution in [0.3, 0.4) is 0 Å². The number of likely N-dealkylation sites (N-methyl/N-ethyl adjacent to an activating group) is 1. The van der Waals surface area contributed by atoms with E-state index >= 15 is 0 Å². The number of ketones is 1. The van der Waals surface area contributed by atoms with E-state index in [0.717, 1.165) is 10.7 Å². The molecule has 0 amide bonds. The van der Waals surface area contributed by atoms with Crippen LogP contribution in [0.4, 0.5) is 5.82 Å². The summed E-state index contributed by atoms with van der Waals surface area (Å²) in [5.74, 6) is 1.05. The number of anilines is 1. The highest BCUT2D eigenvalue weighted by atomic mass is 32.1. The van der Waals surface area contributed by atoms with Crippen molar-refractivity contribution < 1.29 is 4.79 Å². The molecule has 0 spiro atoms. The van der Waals surface area contributed by atoms with Crippen molar-refractivity contribution >= 4 is 24.2 Å². The first kappa shape index (κ1) is 10.4. The van der Waals surface area contributed by atoms with Crippen molar-refractivity contribution in [3.8, 4) is 0 Å². The van der Waals surface area contributed by atoms with Gasteiger partial charge in [0.2, 0.25) is 0 Å². The van der Waals surface area contributed by atoms with Crippen molar-refractivity contribution in [1.82, 2.24) is 10.3 Å². The van der Waals surface area contributed by atoms with Gasteiger partial charge in [0.25, 0.3) is 0 Å². The monoisotopic (exact) mass is 223 g/mol. The maximum atomic E-state index is 11.5. The molecule has 0 aliphatic carbocycles.